The van der Waals surface area contributed by atoms with E-state index in [1.54, 1.807) is 34.9 Å². The summed E-state index contributed by atoms with van der Waals surface area (Å²) in [4.78, 5) is 19.3. The van der Waals surface area contributed by atoms with Crippen molar-refractivity contribution < 1.29 is 17.9 Å². The van der Waals surface area contributed by atoms with Crippen LogP contribution in [0.25, 0.3) is 0 Å². The predicted molar refractivity (Wildman–Crippen MR) is 132 cm³/mol. The molecule has 3 aromatic rings. The number of hydrogen-bond acceptors (Lipinski definition) is 5. The van der Waals surface area contributed by atoms with Gasteiger partial charge in [0.2, 0.25) is 15.0 Å². The number of benzene rings is 2. The van der Waals surface area contributed by atoms with Gasteiger partial charge in [0, 0.05) is 25.8 Å². The Balaban J connectivity index is 1.93. The van der Waals surface area contributed by atoms with Gasteiger partial charge in [-0.1, -0.05) is 61.9 Å². The molecular weight excluding hydrogens is 450 g/mol. The SMILES string of the molecule is COCCn1c(CN(CC(C)C)C(=O)c2ccccc2)cnc1S(=O)(=O)Cc1ccc(C)cc1. The molecule has 7 nitrogen and oxygen atoms in total. The van der Waals surface area contributed by atoms with Crippen LogP contribution in [-0.4, -0.2) is 49.0 Å². The Labute approximate surface area is 202 Å². The van der Waals surface area contributed by atoms with Crippen molar-refractivity contribution >= 4 is 15.7 Å². The lowest BCUT2D eigenvalue weighted by Crippen LogP contribution is -2.34. The van der Waals surface area contributed by atoms with Gasteiger partial charge in [0.05, 0.1) is 30.8 Å². The lowest BCUT2D eigenvalue weighted by atomic mass is 10.1. The first-order chi connectivity index (χ1) is 16.2. The summed E-state index contributed by atoms with van der Waals surface area (Å²) in [7, 11) is -2.13. The lowest BCUT2D eigenvalue weighted by molar-refractivity contribution is 0.0717. The summed E-state index contributed by atoms with van der Waals surface area (Å²) >= 11 is 0. The summed E-state index contributed by atoms with van der Waals surface area (Å²) in [6.45, 7) is 7.49. The second kappa shape index (κ2) is 11.4. The van der Waals surface area contributed by atoms with E-state index < -0.39 is 9.84 Å². The molecule has 0 unspecified atom stereocenters. The Hall–Kier alpha value is -2.97. The zero-order chi connectivity index (χ0) is 24.7. The fourth-order valence-corrected chi connectivity index (χ4v) is 5.29. The number of nitrogens with zero attached hydrogens (tertiary/aromatic N) is 3. The Kier molecular flexibility index (Phi) is 8.63. The molecule has 8 heteroatoms. The van der Waals surface area contributed by atoms with Gasteiger partial charge in [-0.15, -0.1) is 0 Å². The Morgan fingerprint density at radius 3 is 2.38 bits per heavy atom. The minimum absolute atomic E-state index is 0.00298. The Bertz CT molecular complexity index is 1190. The summed E-state index contributed by atoms with van der Waals surface area (Å²) in [6, 6.07) is 16.5. The molecule has 0 N–H and O–H groups in total. The number of amides is 1. The molecule has 0 spiro atoms. The van der Waals surface area contributed by atoms with Gasteiger partial charge in [-0.2, -0.15) is 0 Å². The van der Waals surface area contributed by atoms with Crippen molar-refractivity contribution in [2.45, 2.75) is 44.8 Å². The molecule has 34 heavy (non-hydrogen) atoms. The van der Waals surface area contributed by atoms with Gasteiger partial charge >= 0.3 is 0 Å². The molecule has 0 saturated carbocycles. The van der Waals surface area contributed by atoms with E-state index in [2.05, 4.69) is 4.98 Å². The highest BCUT2D eigenvalue weighted by molar-refractivity contribution is 7.90. The molecule has 0 aliphatic rings. The quantitative estimate of drug-likeness (QED) is 0.410. The molecule has 0 fully saturated rings. The molecule has 0 radical (unpaired) electrons. The monoisotopic (exact) mass is 483 g/mol. The van der Waals surface area contributed by atoms with Crippen molar-refractivity contribution in [2.24, 2.45) is 5.92 Å². The summed E-state index contributed by atoms with van der Waals surface area (Å²) in [5.41, 5.74) is 3.02. The fraction of sp³-hybridized carbons (Fsp3) is 0.385. The van der Waals surface area contributed by atoms with Crippen molar-refractivity contribution in [3.8, 4) is 0 Å². The fourth-order valence-electron chi connectivity index (χ4n) is 3.78. The standard InChI is InChI=1S/C26H33N3O4S/c1-20(2)17-28(25(30)23-8-6-5-7-9-23)18-24-16-27-26(29(24)14-15-33-4)34(31,32)19-22-12-10-21(3)11-13-22/h5-13,16,20H,14-15,17-19H2,1-4H3. The second-order valence-electron chi connectivity index (χ2n) is 8.87. The molecule has 0 aliphatic carbocycles. The van der Waals surface area contributed by atoms with Crippen LogP contribution in [0.15, 0.2) is 66.0 Å². The first-order valence-corrected chi connectivity index (χ1v) is 13.0. The number of ether oxygens (including phenoxy) is 1. The van der Waals surface area contributed by atoms with Gasteiger partial charge in [-0.3, -0.25) is 4.79 Å². The van der Waals surface area contributed by atoms with E-state index in [1.165, 1.54) is 0 Å². The van der Waals surface area contributed by atoms with E-state index in [4.69, 9.17) is 4.74 Å². The van der Waals surface area contributed by atoms with Crippen LogP contribution in [0.2, 0.25) is 0 Å². The van der Waals surface area contributed by atoms with Crippen LogP contribution in [0.3, 0.4) is 0 Å². The number of methoxy groups -OCH3 is 1. The maximum absolute atomic E-state index is 13.3. The van der Waals surface area contributed by atoms with Crippen LogP contribution in [0.4, 0.5) is 0 Å². The highest BCUT2D eigenvalue weighted by atomic mass is 32.2. The zero-order valence-corrected chi connectivity index (χ0v) is 21.1. The third kappa shape index (κ3) is 6.55. The summed E-state index contributed by atoms with van der Waals surface area (Å²) in [5, 5.41) is -0.00298. The Morgan fingerprint density at radius 2 is 1.76 bits per heavy atom. The highest BCUT2D eigenvalue weighted by Gasteiger charge is 2.26. The van der Waals surface area contributed by atoms with E-state index in [0.717, 1.165) is 5.56 Å². The number of aromatic nitrogens is 2. The van der Waals surface area contributed by atoms with Crippen LogP contribution in [-0.2, 0) is 33.4 Å². The van der Waals surface area contributed by atoms with Crippen LogP contribution in [0.5, 0.6) is 0 Å². The number of rotatable bonds is 11. The summed E-state index contributed by atoms with van der Waals surface area (Å²) < 4.78 is 33.5. The number of imidazole rings is 1. The molecular formula is C26H33N3O4S. The van der Waals surface area contributed by atoms with E-state index in [9.17, 15) is 13.2 Å². The molecule has 1 amide bonds. The first-order valence-electron chi connectivity index (χ1n) is 11.4. The van der Waals surface area contributed by atoms with Crippen molar-refractivity contribution in [1.29, 1.82) is 0 Å². The lowest BCUT2D eigenvalue weighted by Gasteiger charge is -2.25. The molecule has 1 aromatic heterocycles. The maximum atomic E-state index is 13.3. The van der Waals surface area contributed by atoms with Crippen LogP contribution >= 0.6 is 0 Å². The molecule has 0 bridgehead atoms. The van der Waals surface area contributed by atoms with Gasteiger partial charge in [-0.05, 0) is 30.5 Å². The van der Waals surface area contributed by atoms with E-state index >= 15 is 0 Å². The number of carbonyl (C=O) groups excluding carboxylic acids is 1. The molecule has 2 aromatic carbocycles. The number of hydrogen-bond donors (Lipinski definition) is 0. The first kappa shape index (κ1) is 25.6. The highest BCUT2D eigenvalue weighted by Crippen LogP contribution is 2.20. The van der Waals surface area contributed by atoms with Crippen LogP contribution in [0.1, 0.15) is 41.0 Å². The number of sulfone groups is 1. The van der Waals surface area contributed by atoms with Gasteiger partial charge < -0.3 is 14.2 Å². The number of carbonyl (C=O) groups is 1. The van der Waals surface area contributed by atoms with Gasteiger partial charge in [0.1, 0.15) is 0 Å². The average molecular weight is 484 g/mol. The summed E-state index contributed by atoms with van der Waals surface area (Å²) in [6.07, 6.45) is 1.56. The smallest absolute Gasteiger partial charge is 0.254 e. The van der Waals surface area contributed by atoms with Crippen molar-refractivity contribution in [2.75, 3.05) is 20.3 Å². The topological polar surface area (TPSA) is 81.5 Å². The van der Waals surface area contributed by atoms with E-state index in [-0.39, 0.29) is 29.3 Å². The third-order valence-corrected chi connectivity index (χ3v) is 7.02. The summed E-state index contributed by atoms with van der Waals surface area (Å²) in [5.74, 6) is 0.000595. The van der Waals surface area contributed by atoms with Crippen LogP contribution in [0, 0.1) is 12.8 Å². The minimum atomic E-state index is -3.70. The predicted octanol–water partition coefficient (Wildman–Crippen LogP) is 4.11. The minimum Gasteiger partial charge on any atom is -0.383 e. The van der Waals surface area contributed by atoms with Crippen molar-refractivity contribution in [1.82, 2.24) is 14.5 Å². The van der Waals surface area contributed by atoms with Gasteiger partial charge in [-0.25, -0.2) is 13.4 Å². The zero-order valence-electron chi connectivity index (χ0n) is 20.3. The van der Waals surface area contributed by atoms with Gasteiger partial charge in [0.25, 0.3) is 5.91 Å². The van der Waals surface area contributed by atoms with Crippen molar-refractivity contribution in [3.05, 3.63) is 83.2 Å². The maximum Gasteiger partial charge on any atom is 0.254 e. The Morgan fingerprint density at radius 1 is 1.09 bits per heavy atom. The molecule has 0 atom stereocenters. The molecule has 0 saturated heterocycles. The molecule has 182 valence electrons. The molecule has 1 heterocycles. The van der Waals surface area contributed by atoms with Gasteiger partial charge in [0.15, 0.2) is 0 Å². The molecule has 3 rings (SSSR count). The van der Waals surface area contributed by atoms with Crippen LogP contribution < -0.4 is 0 Å². The van der Waals surface area contributed by atoms with Crippen molar-refractivity contribution in [3.63, 3.8) is 0 Å². The number of aryl methyl sites for hydroxylation is 1. The third-order valence-electron chi connectivity index (χ3n) is 5.42. The molecule has 0 aliphatic heterocycles. The van der Waals surface area contributed by atoms with E-state index in [0.29, 0.717) is 36.5 Å². The second-order valence-corrected chi connectivity index (χ2v) is 10.8. The normalized spacial score (nSPS) is 11.7. The largest absolute Gasteiger partial charge is 0.383 e. The van der Waals surface area contributed by atoms with E-state index in [1.807, 2.05) is 63.2 Å². The average Bonchev–Trinajstić information content (AvgIpc) is 3.21.